The topological polar surface area (TPSA) is 6.48 Å². The Morgan fingerprint density at radius 1 is 0.160 bits per heavy atom. The molecule has 2 nitrogen and oxygen atoms in total. The number of rotatable bonds is 13. The number of hydrogen-bond acceptors (Lipinski definition) is 2. The smallest absolute Gasteiger partial charge is 0.0462 e. The lowest BCUT2D eigenvalue weighted by atomic mass is 9.93. The molecule has 12 rings (SSSR count). The monoisotopic (exact) mass is 958 g/mol. The van der Waals surface area contributed by atoms with Gasteiger partial charge in [-0.05, 0) is 194 Å². The molecule has 0 saturated heterocycles. The van der Waals surface area contributed by atoms with Gasteiger partial charge in [0, 0.05) is 34.1 Å². The minimum atomic E-state index is 1.09. The molecule has 0 heterocycles. The van der Waals surface area contributed by atoms with Crippen LogP contribution in [-0.4, -0.2) is 0 Å². The van der Waals surface area contributed by atoms with Crippen LogP contribution in [0, 0.1) is 6.92 Å². The van der Waals surface area contributed by atoms with Crippen molar-refractivity contribution in [3.8, 4) is 77.9 Å². The van der Waals surface area contributed by atoms with Crippen LogP contribution in [0.15, 0.2) is 309 Å². The molecule has 0 radical (unpaired) electrons. The molecule has 0 fully saturated rings. The number of aryl methyl sites for hydroxylation is 1. The summed E-state index contributed by atoms with van der Waals surface area (Å²) in [5.41, 5.74) is 24.4. The minimum absolute atomic E-state index is 1.09. The van der Waals surface area contributed by atoms with Crippen molar-refractivity contribution < 1.29 is 0 Å². The molecular weight excluding hydrogens is 905 g/mol. The molecule has 12 aromatic carbocycles. The molecule has 0 aromatic heterocycles. The Balaban J connectivity index is 0.830. The van der Waals surface area contributed by atoms with E-state index in [4.69, 9.17) is 0 Å². The quantitative estimate of drug-likeness (QED) is 0.114. The van der Waals surface area contributed by atoms with Gasteiger partial charge in [0.05, 0.1) is 0 Å². The highest BCUT2D eigenvalue weighted by Crippen LogP contribution is 2.41. The van der Waals surface area contributed by atoms with Crippen LogP contribution in [0.1, 0.15) is 5.56 Å². The molecule has 75 heavy (non-hydrogen) atoms. The fraction of sp³-hybridized carbons (Fsp3) is 0.0137. The Kier molecular flexibility index (Phi) is 13.1. The summed E-state index contributed by atoms with van der Waals surface area (Å²) in [4.78, 5) is 4.68. The molecule has 0 aliphatic heterocycles. The van der Waals surface area contributed by atoms with E-state index in [0.717, 1.165) is 45.3 Å². The van der Waals surface area contributed by atoms with Gasteiger partial charge in [0.25, 0.3) is 0 Å². The highest BCUT2D eigenvalue weighted by molar-refractivity contribution is 5.86. The van der Waals surface area contributed by atoms with Crippen LogP contribution >= 0.6 is 0 Å². The van der Waals surface area contributed by atoms with Gasteiger partial charge >= 0.3 is 0 Å². The lowest BCUT2D eigenvalue weighted by Gasteiger charge is -2.26. The van der Waals surface area contributed by atoms with Crippen LogP contribution in [0.25, 0.3) is 77.9 Å². The summed E-state index contributed by atoms with van der Waals surface area (Å²) < 4.78 is 0. The van der Waals surface area contributed by atoms with Gasteiger partial charge in [0.2, 0.25) is 0 Å². The summed E-state index contributed by atoms with van der Waals surface area (Å²) in [6.45, 7) is 2.14. The van der Waals surface area contributed by atoms with Crippen LogP contribution in [-0.2, 0) is 0 Å². The zero-order valence-electron chi connectivity index (χ0n) is 41.8. The van der Waals surface area contributed by atoms with Crippen molar-refractivity contribution in [1.82, 2.24) is 0 Å². The molecular formula is C73H54N2. The number of nitrogens with zero attached hydrogens (tertiary/aromatic N) is 2. The first-order valence-electron chi connectivity index (χ1n) is 25.7. The summed E-state index contributed by atoms with van der Waals surface area (Å²) in [7, 11) is 0. The third-order valence-electron chi connectivity index (χ3n) is 14.1. The maximum absolute atomic E-state index is 2.34. The largest absolute Gasteiger partial charge is 0.311 e. The van der Waals surface area contributed by atoms with Crippen molar-refractivity contribution in [2.45, 2.75) is 6.92 Å². The maximum atomic E-state index is 2.34. The second-order valence-electron chi connectivity index (χ2n) is 19.1. The molecule has 356 valence electrons. The average molecular weight is 959 g/mol. The summed E-state index contributed by atoms with van der Waals surface area (Å²) in [6.07, 6.45) is 0. The van der Waals surface area contributed by atoms with Crippen molar-refractivity contribution in [2.24, 2.45) is 0 Å². The van der Waals surface area contributed by atoms with E-state index in [-0.39, 0.29) is 0 Å². The summed E-state index contributed by atoms with van der Waals surface area (Å²) in [5.74, 6) is 0. The molecule has 0 spiro atoms. The van der Waals surface area contributed by atoms with Crippen LogP contribution < -0.4 is 9.80 Å². The van der Waals surface area contributed by atoms with E-state index >= 15 is 0 Å². The van der Waals surface area contributed by atoms with Gasteiger partial charge in [-0.2, -0.15) is 0 Å². The first-order valence-corrected chi connectivity index (χ1v) is 25.7. The fourth-order valence-corrected chi connectivity index (χ4v) is 10.2. The lowest BCUT2D eigenvalue weighted by molar-refractivity contribution is 1.27. The van der Waals surface area contributed by atoms with E-state index in [0.29, 0.717) is 0 Å². The third kappa shape index (κ3) is 10.2. The van der Waals surface area contributed by atoms with E-state index in [1.54, 1.807) is 0 Å². The third-order valence-corrected chi connectivity index (χ3v) is 14.1. The van der Waals surface area contributed by atoms with E-state index < -0.39 is 0 Å². The predicted molar refractivity (Wildman–Crippen MR) is 319 cm³/mol. The highest BCUT2D eigenvalue weighted by atomic mass is 15.1. The Morgan fingerprint density at radius 2 is 0.333 bits per heavy atom. The summed E-state index contributed by atoms with van der Waals surface area (Å²) in [6, 6.07) is 112. The van der Waals surface area contributed by atoms with E-state index in [2.05, 4.69) is 326 Å². The zero-order valence-corrected chi connectivity index (χ0v) is 41.8. The van der Waals surface area contributed by atoms with Crippen molar-refractivity contribution in [1.29, 1.82) is 0 Å². The molecule has 0 saturated carbocycles. The lowest BCUT2D eigenvalue weighted by Crippen LogP contribution is -2.10. The van der Waals surface area contributed by atoms with Gasteiger partial charge in [-0.1, -0.05) is 206 Å². The van der Waals surface area contributed by atoms with E-state index in [1.807, 2.05) is 0 Å². The van der Waals surface area contributed by atoms with Gasteiger partial charge in [-0.3, -0.25) is 0 Å². The van der Waals surface area contributed by atoms with E-state index in [1.165, 1.54) is 72.3 Å². The Morgan fingerprint density at radius 3 is 0.573 bits per heavy atom. The number of benzene rings is 12. The first-order chi connectivity index (χ1) is 37.1. The van der Waals surface area contributed by atoms with Gasteiger partial charge in [-0.25, -0.2) is 0 Å². The predicted octanol–water partition coefficient (Wildman–Crippen LogP) is 20.6. The van der Waals surface area contributed by atoms with Gasteiger partial charge < -0.3 is 9.80 Å². The van der Waals surface area contributed by atoms with Gasteiger partial charge in [0.15, 0.2) is 0 Å². The molecule has 0 N–H and O–H groups in total. The van der Waals surface area contributed by atoms with Crippen molar-refractivity contribution in [2.75, 3.05) is 9.80 Å². The van der Waals surface area contributed by atoms with Crippen molar-refractivity contribution in [3.63, 3.8) is 0 Å². The van der Waals surface area contributed by atoms with Crippen LogP contribution in [0.5, 0.6) is 0 Å². The molecule has 0 unspecified atom stereocenters. The average Bonchev–Trinajstić information content (AvgIpc) is 3.49. The summed E-state index contributed by atoms with van der Waals surface area (Å²) in [5, 5.41) is 0. The fourth-order valence-electron chi connectivity index (χ4n) is 10.2. The standard InChI is InChI=1S/C73H54N2/c1-53-27-37-69(38-28-53)75(73-45-35-61(36-46-73)67-51-64(56-21-11-4-12-22-56)48-65(52-67)57-23-13-5-14-24-57)72-41-31-59(32-42-72)58-29-39-70(40-30-58)74(68-25-15-6-16-26-68)71-43-33-60(34-44-71)66-49-62(54-17-7-2-8-18-54)47-63(50-66)55-19-9-3-10-20-55/h2-52H,1H3. The van der Waals surface area contributed by atoms with Gasteiger partial charge in [0.1, 0.15) is 0 Å². The second kappa shape index (κ2) is 21.1. The van der Waals surface area contributed by atoms with E-state index in [9.17, 15) is 0 Å². The first kappa shape index (κ1) is 46.3. The molecule has 0 atom stereocenters. The van der Waals surface area contributed by atoms with Gasteiger partial charge in [-0.15, -0.1) is 0 Å². The van der Waals surface area contributed by atoms with Crippen molar-refractivity contribution in [3.05, 3.63) is 315 Å². The molecule has 0 aliphatic rings. The number of anilines is 6. The molecule has 2 heteroatoms. The molecule has 12 aromatic rings. The normalized spacial score (nSPS) is 11.0. The Hall–Kier alpha value is -9.76. The molecule has 0 amide bonds. The molecule has 0 bridgehead atoms. The summed E-state index contributed by atoms with van der Waals surface area (Å²) >= 11 is 0. The van der Waals surface area contributed by atoms with Crippen LogP contribution in [0.2, 0.25) is 0 Å². The number of para-hydroxylation sites is 1. The SMILES string of the molecule is Cc1ccc(N(c2ccc(-c3ccc(N(c4ccccc4)c4ccc(-c5cc(-c6ccccc6)cc(-c6ccccc6)c5)cc4)cc3)cc2)c2ccc(-c3cc(-c4ccccc4)cc(-c4ccccc4)c3)cc2)cc1. The van der Waals surface area contributed by atoms with Crippen LogP contribution in [0.3, 0.4) is 0 Å². The minimum Gasteiger partial charge on any atom is -0.311 e. The maximum Gasteiger partial charge on any atom is 0.0462 e. The van der Waals surface area contributed by atoms with Crippen LogP contribution in [0.4, 0.5) is 34.1 Å². The zero-order chi connectivity index (χ0) is 50.3. The highest BCUT2D eigenvalue weighted by Gasteiger charge is 2.17. The number of hydrogen-bond donors (Lipinski definition) is 0. The Labute approximate surface area is 441 Å². The second-order valence-corrected chi connectivity index (χ2v) is 19.1. The molecule has 0 aliphatic carbocycles. The van der Waals surface area contributed by atoms with Crippen molar-refractivity contribution >= 4 is 34.1 Å². The Bertz CT molecular complexity index is 3690.